The summed E-state index contributed by atoms with van der Waals surface area (Å²) in [6.07, 6.45) is 3.87. The Bertz CT molecular complexity index is 1080. The summed E-state index contributed by atoms with van der Waals surface area (Å²) >= 11 is 12.3. The van der Waals surface area contributed by atoms with E-state index in [1.54, 1.807) is 42.7 Å². The first-order valence-electron chi connectivity index (χ1n) is 8.26. The Morgan fingerprint density at radius 3 is 2.63 bits per heavy atom. The van der Waals surface area contributed by atoms with E-state index in [0.717, 1.165) is 5.56 Å². The van der Waals surface area contributed by atoms with Crippen molar-refractivity contribution in [2.45, 2.75) is 18.9 Å². The van der Waals surface area contributed by atoms with Crippen LogP contribution in [-0.4, -0.2) is 15.5 Å². The van der Waals surface area contributed by atoms with Crippen LogP contribution in [0.4, 0.5) is 11.6 Å². The van der Waals surface area contributed by atoms with Gasteiger partial charge in [-0.2, -0.15) is 5.26 Å². The number of rotatable bonds is 3. The number of hydrogen-bond acceptors (Lipinski definition) is 3. The normalized spacial score (nSPS) is 18.4. The van der Waals surface area contributed by atoms with Gasteiger partial charge in [0.1, 0.15) is 5.54 Å². The molecule has 1 atom stereocenters. The molecule has 2 aromatic carbocycles. The molecule has 4 rings (SSSR count). The summed E-state index contributed by atoms with van der Waals surface area (Å²) in [6.45, 7) is 1.87. The van der Waals surface area contributed by atoms with Gasteiger partial charge in [0.15, 0.2) is 0 Å². The SMILES string of the molecule is CC1(Cc2cccc(C#N)c2)C(=O)N(c2cc(Cl)cc(Cl)c2)c2nccn21. The van der Waals surface area contributed by atoms with E-state index in [4.69, 9.17) is 28.5 Å². The molecule has 0 radical (unpaired) electrons. The lowest BCUT2D eigenvalue weighted by Crippen LogP contribution is -2.40. The lowest BCUT2D eigenvalue weighted by atomic mass is 9.91. The molecule has 1 aliphatic rings. The molecule has 0 bridgehead atoms. The Hall–Kier alpha value is -2.81. The molecule has 0 aliphatic carbocycles. The molecule has 1 aromatic heterocycles. The van der Waals surface area contributed by atoms with Gasteiger partial charge in [0.2, 0.25) is 5.95 Å². The number of imidazole rings is 1. The molecule has 0 saturated heterocycles. The molecule has 5 nitrogen and oxygen atoms in total. The number of benzene rings is 2. The molecule has 0 fully saturated rings. The molecular formula is C20H14Cl2N4O. The van der Waals surface area contributed by atoms with Gasteiger partial charge in [0.25, 0.3) is 5.91 Å². The van der Waals surface area contributed by atoms with Crippen LogP contribution in [0.25, 0.3) is 0 Å². The van der Waals surface area contributed by atoms with Crippen LogP contribution in [0.2, 0.25) is 10.0 Å². The zero-order chi connectivity index (χ0) is 19.2. The van der Waals surface area contributed by atoms with Gasteiger partial charge in [-0.15, -0.1) is 0 Å². The Labute approximate surface area is 166 Å². The van der Waals surface area contributed by atoms with Gasteiger partial charge >= 0.3 is 0 Å². The number of fused-ring (bicyclic) bond motifs is 1. The average molecular weight is 397 g/mol. The maximum Gasteiger partial charge on any atom is 0.260 e. The standard InChI is InChI=1S/C20H14Cl2N4O/c1-20(11-13-3-2-4-14(7-13)12-23)18(27)26(19-24-5-6-25(19)20)17-9-15(21)8-16(22)10-17/h2-10H,11H2,1H3. The van der Waals surface area contributed by atoms with E-state index >= 15 is 0 Å². The zero-order valence-electron chi connectivity index (χ0n) is 14.4. The van der Waals surface area contributed by atoms with Crippen LogP contribution in [0.15, 0.2) is 54.9 Å². The van der Waals surface area contributed by atoms with Crippen LogP contribution in [0.5, 0.6) is 0 Å². The highest BCUT2D eigenvalue weighted by Gasteiger charge is 2.48. The Morgan fingerprint density at radius 2 is 1.93 bits per heavy atom. The summed E-state index contributed by atoms with van der Waals surface area (Å²) in [4.78, 5) is 19.3. The molecule has 0 N–H and O–H groups in total. The highest BCUT2D eigenvalue weighted by molar-refractivity contribution is 6.35. The third-order valence-electron chi connectivity index (χ3n) is 4.73. The van der Waals surface area contributed by atoms with Crippen molar-refractivity contribution in [3.8, 4) is 6.07 Å². The van der Waals surface area contributed by atoms with Crippen LogP contribution >= 0.6 is 23.2 Å². The van der Waals surface area contributed by atoms with Crippen molar-refractivity contribution >= 4 is 40.7 Å². The second kappa shape index (κ2) is 6.41. The number of amides is 1. The van der Waals surface area contributed by atoms with Gasteiger partial charge in [0.05, 0.1) is 17.3 Å². The first kappa shape index (κ1) is 17.6. The number of hydrogen-bond donors (Lipinski definition) is 0. The first-order chi connectivity index (χ1) is 12.9. The predicted octanol–water partition coefficient (Wildman–Crippen LogP) is 4.70. The van der Waals surface area contributed by atoms with Crippen molar-refractivity contribution in [3.63, 3.8) is 0 Å². The molecule has 1 unspecified atom stereocenters. The van der Waals surface area contributed by atoms with Crippen LogP contribution in [-0.2, 0) is 16.8 Å². The second-order valence-corrected chi connectivity index (χ2v) is 7.50. The number of anilines is 2. The maximum atomic E-state index is 13.4. The second-order valence-electron chi connectivity index (χ2n) is 6.63. The summed E-state index contributed by atoms with van der Waals surface area (Å²) in [5.74, 6) is 0.378. The Kier molecular flexibility index (Phi) is 4.18. The monoisotopic (exact) mass is 396 g/mol. The van der Waals surface area contributed by atoms with Crippen molar-refractivity contribution < 1.29 is 4.79 Å². The highest BCUT2D eigenvalue weighted by atomic mass is 35.5. The van der Waals surface area contributed by atoms with Crippen molar-refractivity contribution in [1.29, 1.82) is 5.26 Å². The molecule has 7 heteroatoms. The molecule has 0 spiro atoms. The van der Waals surface area contributed by atoms with E-state index in [1.165, 1.54) is 4.90 Å². The van der Waals surface area contributed by atoms with Crippen LogP contribution in [0.1, 0.15) is 18.1 Å². The lowest BCUT2D eigenvalue weighted by Gasteiger charge is -2.25. The van der Waals surface area contributed by atoms with Crippen molar-refractivity contribution in [3.05, 3.63) is 76.0 Å². The van der Waals surface area contributed by atoms with Crippen LogP contribution in [0.3, 0.4) is 0 Å². The van der Waals surface area contributed by atoms with Crippen LogP contribution < -0.4 is 4.90 Å². The largest absolute Gasteiger partial charge is 0.301 e. The number of carbonyl (C=O) groups excluding carboxylic acids is 1. The highest BCUT2D eigenvalue weighted by Crippen LogP contribution is 2.42. The van der Waals surface area contributed by atoms with E-state index in [0.29, 0.717) is 33.7 Å². The van der Waals surface area contributed by atoms with Gasteiger partial charge in [-0.25, -0.2) is 9.88 Å². The molecular weight excluding hydrogens is 383 g/mol. The van der Waals surface area contributed by atoms with Crippen molar-refractivity contribution in [2.75, 3.05) is 4.90 Å². The van der Waals surface area contributed by atoms with E-state index in [9.17, 15) is 4.79 Å². The topological polar surface area (TPSA) is 61.9 Å². The molecule has 1 aliphatic heterocycles. The molecule has 27 heavy (non-hydrogen) atoms. The number of halogens is 2. The maximum absolute atomic E-state index is 13.4. The van der Waals surface area contributed by atoms with E-state index < -0.39 is 5.54 Å². The summed E-state index contributed by atoms with van der Waals surface area (Å²) in [5, 5.41) is 10.0. The van der Waals surface area contributed by atoms with Gasteiger partial charge in [0, 0.05) is 28.9 Å². The first-order valence-corrected chi connectivity index (χ1v) is 9.01. The van der Waals surface area contributed by atoms with E-state index in [2.05, 4.69) is 11.1 Å². The van der Waals surface area contributed by atoms with Gasteiger partial charge in [-0.1, -0.05) is 35.3 Å². The fourth-order valence-electron chi connectivity index (χ4n) is 3.49. The minimum atomic E-state index is -0.880. The lowest BCUT2D eigenvalue weighted by molar-refractivity contribution is -0.123. The van der Waals surface area contributed by atoms with Crippen LogP contribution in [0, 0.1) is 11.3 Å². The minimum absolute atomic E-state index is 0.133. The fraction of sp³-hybridized carbons (Fsp3) is 0.150. The third kappa shape index (κ3) is 2.87. The van der Waals surface area contributed by atoms with Gasteiger partial charge in [-0.05, 0) is 42.8 Å². The summed E-state index contributed by atoms with van der Waals surface area (Å²) in [6, 6.07) is 14.4. The van der Waals surface area contributed by atoms with E-state index in [-0.39, 0.29) is 5.91 Å². The van der Waals surface area contributed by atoms with E-state index in [1.807, 2.05) is 23.6 Å². The zero-order valence-corrected chi connectivity index (χ0v) is 15.9. The Morgan fingerprint density at radius 1 is 1.19 bits per heavy atom. The van der Waals surface area contributed by atoms with Gasteiger partial charge < -0.3 is 4.57 Å². The summed E-state index contributed by atoms with van der Waals surface area (Å²) < 4.78 is 1.85. The molecule has 0 saturated carbocycles. The summed E-state index contributed by atoms with van der Waals surface area (Å²) in [7, 11) is 0. The molecule has 1 amide bonds. The summed E-state index contributed by atoms with van der Waals surface area (Å²) in [5.41, 5.74) is 1.15. The number of nitriles is 1. The quantitative estimate of drug-likeness (QED) is 0.644. The molecule has 134 valence electrons. The van der Waals surface area contributed by atoms with Crippen molar-refractivity contribution in [2.24, 2.45) is 0 Å². The Balaban J connectivity index is 1.79. The minimum Gasteiger partial charge on any atom is -0.301 e. The number of carbonyl (C=O) groups is 1. The van der Waals surface area contributed by atoms with Crippen molar-refractivity contribution in [1.82, 2.24) is 9.55 Å². The number of nitrogens with zero attached hydrogens (tertiary/aromatic N) is 4. The number of aromatic nitrogens is 2. The third-order valence-corrected chi connectivity index (χ3v) is 5.16. The molecule has 3 aromatic rings. The smallest absolute Gasteiger partial charge is 0.260 e. The van der Waals surface area contributed by atoms with Gasteiger partial charge in [-0.3, -0.25) is 4.79 Å². The fourth-order valence-corrected chi connectivity index (χ4v) is 4.01. The average Bonchev–Trinajstić information content (AvgIpc) is 3.17. The molecule has 2 heterocycles. The predicted molar refractivity (Wildman–Crippen MR) is 104 cm³/mol.